The maximum Gasteiger partial charge on any atom is 0.339 e. The summed E-state index contributed by atoms with van der Waals surface area (Å²) in [6.45, 7) is 1.61. The molecular weight excluding hydrogens is 745 g/mol. The van der Waals surface area contributed by atoms with Crippen molar-refractivity contribution in [3.63, 3.8) is 0 Å². The monoisotopic (exact) mass is 786 g/mol. The minimum absolute atomic E-state index is 0.178. The Bertz CT molecular complexity index is 2150. The number of aromatic nitrogens is 6. The van der Waals surface area contributed by atoms with Crippen molar-refractivity contribution in [3.8, 4) is 11.5 Å². The lowest BCUT2D eigenvalue weighted by Crippen LogP contribution is -2.19. The number of anilines is 8. The number of ether oxygens (including phenoxy) is 2. The zero-order valence-electron chi connectivity index (χ0n) is 31.7. The fourth-order valence-electron chi connectivity index (χ4n) is 5.49. The van der Waals surface area contributed by atoms with Gasteiger partial charge in [0.25, 0.3) is 0 Å². The predicted molar refractivity (Wildman–Crippen MR) is 219 cm³/mol. The van der Waals surface area contributed by atoms with Crippen LogP contribution in [0.4, 0.5) is 47.1 Å². The Balaban J connectivity index is 1.16. The number of para-hydroxylation sites is 2. The molecular formula is C40H42N12O6. The van der Waals surface area contributed by atoms with Gasteiger partial charge >= 0.3 is 11.9 Å². The highest BCUT2D eigenvalue weighted by atomic mass is 16.5. The van der Waals surface area contributed by atoms with Crippen molar-refractivity contribution in [3.05, 3.63) is 119 Å². The Morgan fingerprint density at radius 3 is 1.16 bits per heavy atom. The molecule has 298 valence electrons. The van der Waals surface area contributed by atoms with E-state index in [0.29, 0.717) is 61.5 Å². The summed E-state index contributed by atoms with van der Waals surface area (Å²) in [6.07, 6.45) is 1.27. The van der Waals surface area contributed by atoms with Crippen LogP contribution in [-0.2, 0) is 22.3 Å². The number of methoxy groups -OCH3 is 2. The van der Waals surface area contributed by atoms with Crippen LogP contribution in [0.25, 0.3) is 0 Å². The van der Waals surface area contributed by atoms with Crippen LogP contribution in [0.15, 0.2) is 97.1 Å². The van der Waals surface area contributed by atoms with Crippen LogP contribution in [0.2, 0.25) is 0 Å². The summed E-state index contributed by atoms with van der Waals surface area (Å²) in [5.74, 6) is 0.756. The third-order valence-electron chi connectivity index (χ3n) is 8.39. The van der Waals surface area contributed by atoms with E-state index in [1.165, 1.54) is 14.2 Å². The van der Waals surface area contributed by atoms with Gasteiger partial charge in [-0.1, -0.05) is 48.5 Å². The van der Waals surface area contributed by atoms with E-state index in [1.807, 2.05) is 24.3 Å². The summed E-state index contributed by atoms with van der Waals surface area (Å²) in [6, 6.07) is 27.6. The standard InChI is InChI=1S/C40H42N12O6/c1-57-33(55)29-7-3-5-9-31(29)45-39-49-35(41-21-19-25-11-15-27(53)16-12-25)47-37(51-39)43-23-24-44-38-48-36(42-22-20-26-13-17-28(54)18-14-26)50-40(52-38)46-32-10-6-4-8-30(32)34(56)58-2/h3-18,53-54H,19-24H2,1-2H3,(H3,41,43,45,47,49,51)(H3,42,44,46,48,50,52). The van der Waals surface area contributed by atoms with Crippen molar-refractivity contribution in [2.75, 3.05) is 72.3 Å². The van der Waals surface area contributed by atoms with E-state index >= 15 is 0 Å². The van der Waals surface area contributed by atoms with E-state index < -0.39 is 11.9 Å². The fourth-order valence-corrected chi connectivity index (χ4v) is 5.49. The molecule has 0 amide bonds. The van der Waals surface area contributed by atoms with Crippen LogP contribution in [0.3, 0.4) is 0 Å². The molecule has 2 heterocycles. The molecule has 2 aromatic heterocycles. The zero-order valence-corrected chi connectivity index (χ0v) is 31.7. The van der Waals surface area contributed by atoms with Gasteiger partial charge in [0, 0.05) is 26.2 Å². The Morgan fingerprint density at radius 2 is 0.793 bits per heavy atom. The van der Waals surface area contributed by atoms with E-state index in [-0.39, 0.29) is 47.2 Å². The van der Waals surface area contributed by atoms with Gasteiger partial charge in [0.2, 0.25) is 35.7 Å². The minimum Gasteiger partial charge on any atom is -0.508 e. The van der Waals surface area contributed by atoms with Crippen LogP contribution in [0, 0.1) is 0 Å². The van der Waals surface area contributed by atoms with Gasteiger partial charge in [-0.05, 0) is 72.5 Å². The summed E-state index contributed by atoms with van der Waals surface area (Å²) in [7, 11) is 2.62. The third-order valence-corrected chi connectivity index (χ3v) is 8.39. The summed E-state index contributed by atoms with van der Waals surface area (Å²) < 4.78 is 9.89. The van der Waals surface area contributed by atoms with Crippen molar-refractivity contribution >= 4 is 59.0 Å². The summed E-state index contributed by atoms with van der Waals surface area (Å²) in [5.41, 5.74) is 3.53. The first-order chi connectivity index (χ1) is 28.3. The van der Waals surface area contributed by atoms with Gasteiger partial charge in [-0.25, -0.2) is 9.59 Å². The SMILES string of the molecule is COC(=O)c1ccccc1Nc1nc(NCCNc2nc(NCCc3ccc(O)cc3)nc(Nc3ccccc3C(=O)OC)n2)nc(NCCc2ccc(O)cc2)n1. The Labute approximate surface area is 333 Å². The second-order valence-electron chi connectivity index (χ2n) is 12.5. The maximum absolute atomic E-state index is 12.4. The molecule has 0 atom stereocenters. The van der Waals surface area contributed by atoms with Gasteiger partial charge < -0.3 is 51.6 Å². The Hall–Kier alpha value is -7.76. The lowest BCUT2D eigenvalue weighted by molar-refractivity contribution is 0.0593. The molecule has 18 heteroatoms. The highest BCUT2D eigenvalue weighted by Crippen LogP contribution is 2.23. The third kappa shape index (κ3) is 11.4. The maximum atomic E-state index is 12.4. The van der Waals surface area contributed by atoms with Gasteiger partial charge in [-0.15, -0.1) is 0 Å². The summed E-state index contributed by atoms with van der Waals surface area (Å²) in [5, 5.41) is 38.3. The quantitative estimate of drug-likeness (QED) is 0.0380. The molecule has 4 aromatic carbocycles. The van der Waals surface area contributed by atoms with Gasteiger partial charge in [0.05, 0.1) is 36.7 Å². The molecule has 0 bridgehead atoms. The predicted octanol–water partition coefficient (Wildman–Crippen LogP) is 5.36. The molecule has 0 aliphatic carbocycles. The fraction of sp³-hybridized carbons (Fsp3) is 0.200. The van der Waals surface area contributed by atoms with Crippen LogP contribution in [0.1, 0.15) is 31.8 Å². The van der Waals surface area contributed by atoms with E-state index in [0.717, 1.165) is 11.1 Å². The number of benzene rings is 4. The normalized spacial score (nSPS) is 10.6. The van der Waals surface area contributed by atoms with Crippen LogP contribution in [0.5, 0.6) is 11.5 Å². The van der Waals surface area contributed by atoms with Crippen molar-refractivity contribution in [2.45, 2.75) is 12.8 Å². The molecule has 0 radical (unpaired) electrons. The molecule has 0 saturated carbocycles. The molecule has 0 unspecified atom stereocenters. The molecule has 18 nitrogen and oxygen atoms in total. The number of nitrogens with one attached hydrogen (secondary N) is 6. The number of carbonyl (C=O) groups excluding carboxylic acids is 2. The number of hydrogen-bond acceptors (Lipinski definition) is 18. The summed E-state index contributed by atoms with van der Waals surface area (Å²) >= 11 is 0. The van der Waals surface area contributed by atoms with Gasteiger partial charge in [-0.2, -0.15) is 29.9 Å². The molecule has 0 fully saturated rings. The van der Waals surface area contributed by atoms with Crippen LogP contribution in [-0.4, -0.2) is 92.5 Å². The number of esters is 2. The average Bonchev–Trinajstić information content (AvgIpc) is 3.23. The molecule has 8 N–H and O–H groups in total. The molecule has 6 aromatic rings. The first kappa shape index (κ1) is 39.9. The Morgan fingerprint density at radius 1 is 0.466 bits per heavy atom. The summed E-state index contributed by atoms with van der Waals surface area (Å²) in [4.78, 5) is 52.1. The highest BCUT2D eigenvalue weighted by molar-refractivity contribution is 5.96. The van der Waals surface area contributed by atoms with Crippen LogP contribution < -0.4 is 31.9 Å². The average molecular weight is 787 g/mol. The largest absolute Gasteiger partial charge is 0.508 e. The van der Waals surface area contributed by atoms with Crippen molar-refractivity contribution < 1.29 is 29.3 Å². The van der Waals surface area contributed by atoms with Crippen molar-refractivity contribution in [2.24, 2.45) is 0 Å². The van der Waals surface area contributed by atoms with Gasteiger partial charge in [0.1, 0.15) is 11.5 Å². The van der Waals surface area contributed by atoms with E-state index in [2.05, 4.69) is 61.8 Å². The number of aromatic hydroxyl groups is 2. The highest BCUT2D eigenvalue weighted by Gasteiger charge is 2.16. The molecule has 0 spiro atoms. The number of carbonyl (C=O) groups is 2. The Kier molecular flexibility index (Phi) is 13.6. The minimum atomic E-state index is -0.520. The second kappa shape index (κ2) is 19.7. The van der Waals surface area contributed by atoms with Crippen molar-refractivity contribution in [1.29, 1.82) is 0 Å². The second-order valence-corrected chi connectivity index (χ2v) is 12.5. The van der Waals surface area contributed by atoms with Crippen LogP contribution >= 0.6 is 0 Å². The number of phenols is 2. The molecule has 58 heavy (non-hydrogen) atoms. The van der Waals surface area contributed by atoms with Gasteiger partial charge in [0.15, 0.2) is 0 Å². The smallest absolute Gasteiger partial charge is 0.339 e. The number of phenolic OH excluding ortho intramolecular Hbond substituents is 2. The number of rotatable bonds is 19. The first-order valence-corrected chi connectivity index (χ1v) is 18.2. The van der Waals surface area contributed by atoms with E-state index in [1.54, 1.807) is 72.8 Å². The topological polar surface area (TPSA) is 243 Å². The van der Waals surface area contributed by atoms with Crippen molar-refractivity contribution in [1.82, 2.24) is 29.9 Å². The zero-order chi connectivity index (χ0) is 40.7. The van der Waals surface area contributed by atoms with E-state index in [4.69, 9.17) is 9.47 Å². The molecule has 0 aliphatic heterocycles. The lowest BCUT2D eigenvalue weighted by atomic mass is 10.1. The molecule has 6 rings (SSSR count). The molecule has 0 aliphatic rings. The van der Waals surface area contributed by atoms with Gasteiger partial charge in [-0.3, -0.25) is 0 Å². The van der Waals surface area contributed by atoms with E-state index in [9.17, 15) is 19.8 Å². The molecule has 0 saturated heterocycles. The number of nitrogens with zero attached hydrogens (tertiary/aromatic N) is 6. The number of hydrogen-bond donors (Lipinski definition) is 8. The first-order valence-electron chi connectivity index (χ1n) is 18.2. The lowest BCUT2D eigenvalue weighted by Gasteiger charge is -2.14.